The second-order valence-corrected chi connectivity index (χ2v) is 7.86. The molecular weight excluding hydrogens is 474 g/mol. The molecule has 0 atom stereocenters. The highest BCUT2D eigenvalue weighted by molar-refractivity contribution is 9.10. The summed E-state index contributed by atoms with van der Waals surface area (Å²) in [6.45, 7) is 1.84. The lowest BCUT2D eigenvalue weighted by Gasteiger charge is -2.10. The molecule has 0 spiro atoms. The van der Waals surface area contributed by atoms with Crippen molar-refractivity contribution in [3.05, 3.63) is 44.6 Å². The predicted octanol–water partition coefficient (Wildman–Crippen LogP) is 2.68. The quantitative estimate of drug-likeness (QED) is 0.205. The average molecular weight is 496 g/mol. The summed E-state index contributed by atoms with van der Waals surface area (Å²) < 4.78 is 5.63. The summed E-state index contributed by atoms with van der Waals surface area (Å²) in [5, 5.41) is 17.0. The summed E-state index contributed by atoms with van der Waals surface area (Å²) in [7, 11) is 0. The number of rotatable bonds is 9. The van der Waals surface area contributed by atoms with Gasteiger partial charge in [0, 0.05) is 21.5 Å². The predicted molar refractivity (Wildman–Crippen MR) is 120 cm³/mol. The number of esters is 1. The second kappa shape index (κ2) is 11.3. The number of ether oxygens (including phenoxy) is 1. The molecule has 2 aromatic rings. The number of benzene rings is 1. The molecule has 160 valence electrons. The minimum atomic E-state index is -0.440. The molecule has 0 aliphatic carbocycles. The third kappa shape index (κ3) is 7.16. The zero-order valence-corrected chi connectivity index (χ0v) is 18.6. The number of carbonyl (C=O) groups is 3. The van der Waals surface area contributed by atoms with Gasteiger partial charge in [-0.2, -0.15) is 0 Å². The van der Waals surface area contributed by atoms with Crippen molar-refractivity contribution in [2.24, 2.45) is 5.73 Å². The van der Waals surface area contributed by atoms with E-state index in [0.29, 0.717) is 34.4 Å². The standard InChI is InChI=1S/C19H22BrN5O4S/c1-2-29-16(27)7-6-14-17(13(20)10-30-14)25-15(26)9-23-18(28)11-4-3-5-12(8-11)24-19(21)22/h3-5,8,10H,2,6-7,9H2,1H3,(H,23,28)(H,25,26)(H4,21,22,24). The van der Waals surface area contributed by atoms with Crippen molar-refractivity contribution < 1.29 is 19.1 Å². The lowest BCUT2D eigenvalue weighted by molar-refractivity contribution is -0.143. The molecule has 0 bridgehead atoms. The zero-order valence-electron chi connectivity index (χ0n) is 16.2. The molecule has 0 aliphatic rings. The first-order valence-corrected chi connectivity index (χ1v) is 10.7. The monoisotopic (exact) mass is 495 g/mol. The molecule has 2 amide bonds. The third-order valence-electron chi connectivity index (χ3n) is 3.76. The van der Waals surface area contributed by atoms with E-state index in [9.17, 15) is 14.4 Å². The van der Waals surface area contributed by atoms with Crippen LogP contribution in [-0.4, -0.2) is 36.9 Å². The van der Waals surface area contributed by atoms with E-state index in [-0.39, 0.29) is 24.9 Å². The summed E-state index contributed by atoms with van der Waals surface area (Å²) in [6.07, 6.45) is 0.651. The maximum Gasteiger partial charge on any atom is 0.306 e. The Morgan fingerprint density at radius 2 is 2.03 bits per heavy atom. The van der Waals surface area contributed by atoms with E-state index in [1.54, 1.807) is 25.1 Å². The summed E-state index contributed by atoms with van der Waals surface area (Å²) in [6, 6.07) is 6.41. The van der Waals surface area contributed by atoms with E-state index in [1.807, 2.05) is 5.38 Å². The number of guanidine groups is 1. The molecule has 30 heavy (non-hydrogen) atoms. The summed E-state index contributed by atoms with van der Waals surface area (Å²) >= 11 is 4.80. The Labute approximate surface area is 186 Å². The molecule has 1 heterocycles. The van der Waals surface area contributed by atoms with Gasteiger partial charge in [-0.1, -0.05) is 6.07 Å². The van der Waals surface area contributed by atoms with Gasteiger partial charge in [-0.05, 0) is 47.5 Å². The van der Waals surface area contributed by atoms with Crippen LogP contribution in [0, 0.1) is 5.41 Å². The molecule has 1 aromatic carbocycles. The number of carbonyl (C=O) groups excluding carboxylic acids is 3. The third-order valence-corrected chi connectivity index (χ3v) is 5.74. The number of nitrogens with two attached hydrogens (primary N) is 1. The van der Waals surface area contributed by atoms with Crippen LogP contribution in [0.2, 0.25) is 0 Å². The van der Waals surface area contributed by atoms with Crippen molar-refractivity contribution in [1.82, 2.24) is 5.32 Å². The molecule has 11 heteroatoms. The maximum atomic E-state index is 12.3. The lowest BCUT2D eigenvalue weighted by atomic mass is 10.2. The molecule has 6 N–H and O–H groups in total. The van der Waals surface area contributed by atoms with Gasteiger partial charge < -0.3 is 26.4 Å². The molecule has 0 unspecified atom stereocenters. The highest BCUT2D eigenvalue weighted by Crippen LogP contribution is 2.33. The molecule has 0 fully saturated rings. The maximum absolute atomic E-state index is 12.3. The Balaban J connectivity index is 1.92. The van der Waals surface area contributed by atoms with Crippen molar-refractivity contribution in [3.63, 3.8) is 0 Å². The molecule has 0 saturated carbocycles. The molecule has 2 rings (SSSR count). The Kier molecular flexibility index (Phi) is 8.81. The summed E-state index contributed by atoms with van der Waals surface area (Å²) in [5.41, 5.74) is 6.67. The first-order valence-electron chi connectivity index (χ1n) is 9.00. The van der Waals surface area contributed by atoms with Gasteiger partial charge >= 0.3 is 5.97 Å². The van der Waals surface area contributed by atoms with E-state index < -0.39 is 11.8 Å². The lowest BCUT2D eigenvalue weighted by Crippen LogP contribution is -2.33. The van der Waals surface area contributed by atoms with E-state index in [2.05, 4.69) is 31.9 Å². The van der Waals surface area contributed by atoms with Crippen molar-refractivity contribution in [2.75, 3.05) is 23.8 Å². The van der Waals surface area contributed by atoms with Gasteiger partial charge in [-0.15, -0.1) is 11.3 Å². The number of halogens is 1. The number of hydrogen-bond acceptors (Lipinski definition) is 6. The minimum absolute atomic E-state index is 0.213. The molecule has 9 nitrogen and oxygen atoms in total. The number of thiophene rings is 1. The highest BCUT2D eigenvalue weighted by Gasteiger charge is 2.16. The SMILES string of the molecule is CCOC(=O)CCc1scc(Br)c1NC(=O)CNC(=O)c1cccc(NC(=N)N)c1. The van der Waals surface area contributed by atoms with Crippen LogP contribution in [0.1, 0.15) is 28.6 Å². The van der Waals surface area contributed by atoms with Gasteiger partial charge in [0.15, 0.2) is 5.96 Å². The number of aryl methyl sites for hydroxylation is 1. The minimum Gasteiger partial charge on any atom is -0.466 e. The van der Waals surface area contributed by atoms with E-state index in [4.69, 9.17) is 15.9 Å². The first kappa shape index (κ1) is 23.4. The summed E-state index contributed by atoms with van der Waals surface area (Å²) in [4.78, 5) is 37.0. The van der Waals surface area contributed by atoms with Crippen LogP contribution in [0.5, 0.6) is 0 Å². The Morgan fingerprint density at radius 1 is 1.27 bits per heavy atom. The smallest absolute Gasteiger partial charge is 0.306 e. The van der Waals surface area contributed by atoms with Gasteiger partial charge in [-0.25, -0.2) is 0 Å². The number of amides is 2. The fourth-order valence-electron chi connectivity index (χ4n) is 2.48. The van der Waals surface area contributed by atoms with Crippen LogP contribution in [0.25, 0.3) is 0 Å². The molecular formula is C19H22BrN5O4S. The molecule has 0 radical (unpaired) electrons. The number of hydrogen-bond donors (Lipinski definition) is 5. The topological polar surface area (TPSA) is 146 Å². The van der Waals surface area contributed by atoms with Crippen LogP contribution in [0.15, 0.2) is 34.1 Å². The molecule has 1 aromatic heterocycles. The Bertz CT molecular complexity index is 947. The number of nitrogens with one attached hydrogen (secondary N) is 4. The van der Waals surface area contributed by atoms with Crippen molar-refractivity contribution in [3.8, 4) is 0 Å². The highest BCUT2D eigenvalue weighted by atomic mass is 79.9. The fourth-order valence-corrected chi connectivity index (χ4v) is 4.09. The fraction of sp³-hybridized carbons (Fsp3) is 0.263. The second-order valence-electron chi connectivity index (χ2n) is 6.04. The first-order chi connectivity index (χ1) is 14.3. The Morgan fingerprint density at radius 3 is 2.73 bits per heavy atom. The molecule has 0 aliphatic heterocycles. The van der Waals surface area contributed by atoms with Crippen molar-refractivity contribution >= 4 is 62.4 Å². The van der Waals surface area contributed by atoms with Gasteiger partial charge in [0.25, 0.3) is 5.91 Å². The van der Waals surface area contributed by atoms with Gasteiger partial charge in [0.05, 0.1) is 29.7 Å². The van der Waals surface area contributed by atoms with Gasteiger partial charge in [-0.3, -0.25) is 19.8 Å². The average Bonchev–Trinajstić information content (AvgIpc) is 3.04. The van der Waals surface area contributed by atoms with Gasteiger partial charge in [0.1, 0.15) is 0 Å². The van der Waals surface area contributed by atoms with Crippen molar-refractivity contribution in [2.45, 2.75) is 19.8 Å². The number of anilines is 2. The van der Waals surface area contributed by atoms with Crippen LogP contribution >= 0.6 is 27.3 Å². The summed E-state index contributed by atoms with van der Waals surface area (Å²) in [5.74, 6) is -1.39. The van der Waals surface area contributed by atoms with E-state index >= 15 is 0 Å². The van der Waals surface area contributed by atoms with E-state index in [0.717, 1.165) is 4.88 Å². The van der Waals surface area contributed by atoms with Gasteiger partial charge in [0.2, 0.25) is 5.91 Å². The van der Waals surface area contributed by atoms with Crippen LogP contribution in [0.3, 0.4) is 0 Å². The van der Waals surface area contributed by atoms with Crippen molar-refractivity contribution in [1.29, 1.82) is 5.41 Å². The zero-order chi connectivity index (χ0) is 22.1. The Hall–Kier alpha value is -2.92. The normalized spacial score (nSPS) is 10.2. The molecule has 0 saturated heterocycles. The van der Waals surface area contributed by atoms with Crippen LogP contribution in [-0.2, 0) is 20.7 Å². The van der Waals surface area contributed by atoms with Crippen LogP contribution < -0.4 is 21.7 Å². The van der Waals surface area contributed by atoms with Crippen LogP contribution in [0.4, 0.5) is 11.4 Å². The largest absolute Gasteiger partial charge is 0.466 e. The van der Waals surface area contributed by atoms with E-state index in [1.165, 1.54) is 17.4 Å².